The maximum absolute atomic E-state index is 12.0. The van der Waals surface area contributed by atoms with Crippen molar-refractivity contribution < 1.29 is 13.9 Å². The van der Waals surface area contributed by atoms with Gasteiger partial charge >= 0.3 is 0 Å². The van der Waals surface area contributed by atoms with Crippen LogP contribution in [0.2, 0.25) is 10.0 Å². The number of hydrogen-bond acceptors (Lipinski definition) is 5. The smallest absolute Gasteiger partial charge is 0.250 e. The molecule has 7 nitrogen and oxygen atoms in total. The summed E-state index contributed by atoms with van der Waals surface area (Å²) in [7, 11) is 1.48. The van der Waals surface area contributed by atoms with E-state index >= 15 is 0 Å². The molecule has 3 heterocycles. The lowest BCUT2D eigenvalue weighted by Crippen LogP contribution is -2.29. The minimum absolute atomic E-state index is 0.0190. The molecule has 1 aliphatic heterocycles. The molecule has 2 aromatic carbocycles. The van der Waals surface area contributed by atoms with E-state index in [-0.39, 0.29) is 24.6 Å². The van der Waals surface area contributed by atoms with Gasteiger partial charge in [-0.1, -0.05) is 29.3 Å². The normalized spacial score (nSPS) is 16.9. The third-order valence-electron chi connectivity index (χ3n) is 6.26. The van der Waals surface area contributed by atoms with Crippen molar-refractivity contribution in [2.75, 3.05) is 23.9 Å². The number of carbonyl (C=O) groups excluding carboxylic acids is 1. The van der Waals surface area contributed by atoms with Crippen molar-refractivity contribution in [1.29, 1.82) is 0 Å². The van der Waals surface area contributed by atoms with Crippen LogP contribution in [0.5, 0.6) is 0 Å². The number of furan rings is 1. The summed E-state index contributed by atoms with van der Waals surface area (Å²) in [6, 6.07) is 20.2. The zero-order valence-electron chi connectivity index (χ0n) is 20.6. The standard InChI is InChI=1S/C28H24Cl2N4O3S/c1-16-13-18(7-9-21(16)32-25(35)15-36-2)34-27(26(33-28(34)38)22-5-3-4-12-31-22)24-11-10-23(37-24)17-6-8-19(29)20(30)14-17/h3-14,26-27H,15H2,1-2H3,(H,32,35)(H,33,38)/t26-,27-/m0/s1. The molecule has 10 heteroatoms. The number of methoxy groups -OCH3 is 1. The van der Waals surface area contributed by atoms with Gasteiger partial charge in [0.15, 0.2) is 5.11 Å². The molecule has 5 rings (SSSR count). The zero-order chi connectivity index (χ0) is 26.8. The highest BCUT2D eigenvalue weighted by Crippen LogP contribution is 2.43. The van der Waals surface area contributed by atoms with Crippen LogP contribution in [0.1, 0.15) is 29.1 Å². The van der Waals surface area contributed by atoms with Crippen LogP contribution < -0.4 is 15.5 Å². The first-order valence-electron chi connectivity index (χ1n) is 11.8. The molecule has 2 atom stereocenters. The van der Waals surface area contributed by atoms with E-state index in [0.29, 0.717) is 32.4 Å². The summed E-state index contributed by atoms with van der Waals surface area (Å²) in [5.74, 6) is 1.13. The summed E-state index contributed by atoms with van der Waals surface area (Å²) >= 11 is 18.2. The fourth-order valence-electron chi connectivity index (χ4n) is 4.49. The predicted octanol–water partition coefficient (Wildman–Crippen LogP) is 6.72. The number of aromatic nitrogens is 1. The minimum atomic E-state index is -0.331. The number of anilines is 2. The number of benzene rings is 2. The summed E-state index contributed by atoms with van der Waals surface area (Å²) in [5.41, 5.74) is 4.07. The fraction of sp³-hybridized carbons (Fsp3) is 0.179. The molecule has 1 fully saturated rings. The lowest BCUT2D eigenvalue weighted by Gasteiger charge is -2.26. The summed E-state index contributed by atoms with van der Waals surface area (Å²) < 4.78 is 11.3. The average molecular weight is 567 g/mol. The monoisotopic (exact) mass is 566 g/mol. The molecule has 38 heavy (non-hydrogen) atoms. The second-order valence-corrected chi connectivity index (χ2v) is 10.0. The molecule has 0 saturated carbocycles. The second kappa shape index (κ2) is 11.1. The molecule has 4 aromatic rings. The van der Waals surface area contributed by atoms with E-state index in [0.717, 1.165) is 22.5 Å². The van der Waals surface area contributed by atoms with Crippen molar-refractivity contribution in [3.8, 4) is 11.3 Å². The van der Waals surface area contributed by atoms with Crippen molar-refractivity contribution in [2.45, 2.75) is 19.0 Å². The Morgan fingerprint density at radius 1 is 1.13 bits per heavy atom. The minimum Gasteiger partial charge on any atom is -0.459 e. The highest BCUT2D eigenvalue weighted by molar-refractivity contribution is 7.80. The van der Waals surface area contributed by atoms with Gasteiger partial charge in [0.05, 0.1) is 21.8 Å². The molecule has 0 spiro atoms. The maximum Gasteiger partial charge on any atom is 0.250 e. The van der Waals surface area contributed by atoms with E-state index in [1.807, 2.05) is 66.4 Å². The third kappa shape index (κ3) is 5.26. The van der Waals surface area contributed by atoms with Crippen LogP contribution in [0, 0.1) is 6.92 Å². The molecule has 0 radical (unpaired) electrons. The Morgan fingerprint density at radius 3 is 2.68 bits per heavy atom. The molecule has 0 bridgehead atoms. The van der Waals surface area contributed by atoms with E-state index in [1.54, 1.807) is 18.3 Å². The summed E-state index contributed by atoms with van der Waals surface area (Å²) in [6.45, 7) is 1.91. The van der Waals surface area contributed by atoms with Gasteiger partial charge in [-0.25, -0.2) is 0 Å². The third-order valence-corrected chi connectivity index (χ3v) is 7.31. The number of hydrogen-bond donors (Lipinski definition) is 2. The first-order chi connectivity index (χ1) is 18.4. The lowest BCUT2D eigenvalue weighted by atomic mass is 10.0. The van der Waals surface area contributed by atoms with Crippen molar-refractivity contribution in [1.82, 2.24) is 10.3 Å². The van der Waals surface area contributed by atoms with Gasteiger partial charge in [-0.3, -0.25) is 9.78 Å². The fourth-order valence-corrected chi connectivity index (χ4v) is 5.14. The lowest BCUT2D eigenvalue weighted by molar-refractivity contribution is -0.119. The Bertz CT molecular complexity index is 1490. The van der Waals surface area contributed by atoms with Crippen LogP contribution in [0.25, 0.3) is 11.3 Å². The number of thiocarbonyl (C=S) groups is 1. The van der Waals surface area contributed by atoms with Gasteiger partial charge in [-0.15, -0.1) is 0 Å². The molecular formula is C28H24Cl2N4O3S. The van der Waals surface area contributed by atoms with Gasteiger partial charge in [-0.2, -0.15) is 0 Å². The molecule has 1 aliphatic rings. The summed E-state index contributed by atoms with van der Waals surface area (Å²) in [4.78, 5) is 18.6. The zero-order valence-corrected chi connectivity index (χ0v) is 22.9. The maximum atomic E-state index is 12.0. The topological polar surface area (TPSA) is 79.6 Å². The number of pyridine rings is 1. The van der Waals surface area contributed by atoms with Crippen molar-refractivity contribution >= 4 is 57.8 Å². The number of nitrogens with zero attached hydrogens (tertiary/aromatic N) is 2. The van der Waals surface area contributed by atoms with Gasteiger partial charge in [0, 0.05) is 30.2 Å². The molecule has 194 valence electrons. The van der Waals surface area contributed by atoms with Gasteiger partial charge in [0.25, 0.3) is 0 Å². The number of ether oxygens (including phenoxy) is 1. The van der Waals surface area contributed by atoms with Gasteiger partial charge in [0.1, 0.15) is 24.2 Å². The summed E-state index contributed by atoms with van der Waals surface area (Å²) in [5, 5.41) is 7.76. The molecular weight excluding hydrogens is 543 g/mol. The Balaban J connectivity index is 1.54. The quantitative estimate of drug-likeness (QED) is 0.240. The van der Waals surface area contributed by atoms with E-state index in [9.17, 15) is 4.79 Å². The number of aryl methyl sites for hydroxylation is 1. The largest absolute Gasteiger partial charge is 0.459 e. The van der Waals surface area contributed by atoms with E-state index < -0.39 is 0 Å². The number of rotatable bonds is 7. The second-order valence-electron chi connectivity index (χ2n) is 8.81. The first kappa shape index (κ1) is 26.2. The predicted molar refractivity (Wildman–Crippen MR) is 154 cm³/mol. The molecule has 1 saturated heterocycles. The van der Waals surface area contributed by atoms with Crippen LogP contribution in [0.4, 0.5) is 11.4 Å². The van der Waals surface area contributed by atoms with E-state index in [4.69, 9.17) is 44.6 Å². The van der Waals surface area contributed by atoms with Crippen LogP contribution in [0.15, 0.2) is 77.3 Å². The van der Waals surface area contributed by atoms with Crippen LogP contribution in [0.3, 0.4) is 0 Å². The first-order valence-corrected chi connectivity index (χ1v) is 13.0. The number of amides is 1. The van der Waals surface area contributed by atoms with Gasteiger partial charge in [-0.05, 0) is 85.4 Å². The number of nitrogens with one attached hydrogen (secondary N) is 2. The average Bonchev–Trinajstić information content (AvgIpc) is 3.52. The Hall–Kier alpha value is -3.43. The Labute approximate surface area is 235 Å². The molecule has 2 N–H and O–H groups in total. The number of carbonyl (C=O) groups is 1. The van der Waals surface area contributed by atoms with Crippen molar-refractivity contribution in [3.05, 3.63) is 100.0 Å². The SMILES string of the molecule is COCC(=O)Nc1ccc(N2C(=S)N[C@@H](c3ccccn3)[C@@H]2c2ccc(-c3ccc(Cl)c(Cl)c3)o2)cc1C. The highest BCUT2D eigenvalue weighted by Gasteiger charge is 2.42. The van der Waals surface area contributed by atoms with E-state index in [2.05, 4.69) is 15.6 Å². The Kier molecular flexibility index (Phi) is 7.67. The van der Waals surface area contributed by atoms with Crippen LogP contribution in [-0.4, -0.2) is 29.7 Å². The van der Waals surface area contributed by atoms with Crippen molar-refractivity contribution in [2.24, 2.45) is 0 Å². The summed E-state index contributed by atoms with van der Waals surface area (Å²) in [6.07, 6.45) is 1.75. The Morgan fingerprint density at radius 2 is 1.97 bits per heavy atom. The van der Waals surface area contributed by atoms with E-state index in [1.165, 1.54) is 7.11 Å². The molecule has 0 aliphatic carbocycles. The highest BCUT2D eigenvalue weighted by atomic mass is 35.5. The molecule has 0 unspecified atom stereocenters. The molecule has 2 aromatic heterocycles. The number of halogens is 2. The van der Waals surface area contributed by atoms with Crippen LogP contribution >= 0.6 is 35.4 Å². The van der Waals surface area contributed by atoms with Gasteiger partial charge < -0.3 is 24.7 Å². The van der Waals surface area contributed by atoms with Gasteiger partial charge in [0.2, 0.25) is 5.91 Å². The van der Waals surface area contributed by atoms with Crippen molar-refractivity contribution in [3.63, 3.8) is 0 Å². The van der Waals surface area contributed by atoms with Crippen LogP contribution in [-0.2, 0) is 9.53 Å². The molecule has 1 amide bonds.